The highest BCUT2D eigenvalue weighted by Crippen LogP contribution is 2.29. The molecule has 3 unspecified atom stereocenters. The smallest absolute Gasteiger partial charge is 0.344 e. The van der Waals surface area contributed by atoms with Crippen LogP contribution in [0.1, 0.15) is 44.2 Å². The standard InChI is InChI=1S/C20H29NO4/c1-13-8-9-15(3)18(10-13)24-12-20(23)25-11-19(22)21-17-7-5-6-14(2)16(17)4/h8-10,14,16-17H,5-7,11-12H2,1-4H3,(H,21,22). The first-order valence-corrected chi connectivity index (χ1v) is 9.02. The second-order valence-corrected chi connectivity index (χ2v) is 7.16. The van der Waals surface area contributed by atoms with Gasteiger partial charge in [0.25, 0.3) is 5.91 Å². The van der Waals surface area contributed by atoms with E-state index in [2.05, 4.69) is 19.2 Å². The molecule has 0 aliphatic heterocycles. The second-order valence-electron chi connectivity index (χ2n) is 7.16. The third-order valence-corrected chi connectivity index (χ3v) is 5.11. The Balaban J connectivity index is 1.72. The molecule has 1 aliphatic rings. The minimum absolute atomic E-state index is 0.168. The molecule has 138 valence electrons. The van der Waals surface area contributed by atoms with E-state index in [1.807, 2.05) is 32.0 Å². The minimum atomic E-state index is -0.541. The summed E-state index contributed by atoms with van der Waals surface area (Å²) in [6.07, 6.45) is 3.32. The molecule has 1 fully saturated rings. The fourth-order valence-corrected chi connectivity index (χ4v) is 3.22. The van der Waals surface area contributed by atoms with E-state index in [9.17, 15) is 9.59 Å². The molecular weight excluding hydrogens is 318 g/mol. The average molecular weight is 347 g/mol. The molecule has 0 aromatic heterocycles. The van der Waals surface area contributed by atoms with Gasteiger partial charge in [0.2, 0.25) is 0 Å². The Morgan fingerprint density at radius 2 is 1.92 bits per heavy atom. The highest BCUT2D eigenvalue weighted by atomic mass is 16.6. The van der Waals surface area contributed by atoms with Crippen LogP contribution in [0.15, 0.2) is 18.2 Å². The van der Waals surface area contributed by atoms with E-state index in [1.165, 1.54) is 6.42 Å². The summed E-state index contributed by atoms with van der Waals surface area (Å²) in [5.41, 5.74) is 2.01. The highest BCUT2D eigenvalue weighted by molar-refractivity contribution is 5.81. The van der Waals surface area contributed by atoms with Crippen LogP contribution < -0.4 is 10.1 Å². The zero-order chi connectivity index (χ0) is 18.4. The first-order valence-electron chi connectivity index (χ1n) is 9.02. The van der Waals surface area contributed by atoms with Gasteiger partial charge >= 0.3 is 5.97 Å². The maximum absolute atomic E-state index is 12.0. The molecule has 1 saturated carbocycles. The summed E-state index contributed by atoms with van der Waals surface area (Å²) in [5, 5.41) is 2.99. The normalized spacial score (nSPS) is 23.0. The summed E-state index contributed by atoms with van der Waals surface area (Å²) in [6.45, 7) is 7.80. The first-order chi connectivity index (χ1) is 11.9. The molecule has 1 aromatic carbocycles. The molecule has 25 heavy (non-hydrogen) atoms. The van der Waals surface area contributed by atoms with Crippen LogP contribution in [0.4, 0.5) is 0 Å². The number of rotatable bonds is 6. The summed E-state index contributed by atoms with van der Waals surface area (Å²) < 4.78 is 10.5. The van der Waals surface area contributed by atoms with Crippen LogP contribution in [0.25, 0.3) is 0 Å². The van der Waals surface area contributed by atoms with Crippen molar-refractivity contribution in [3.63, 3.8) is 0 Å². The van der Waals surface area contributed by atoms with Crippen LogP contribution >= 0.6 is 0 Å². The molecule has 0 heterocycles. The monoisotopic (exact) mass is 347 g/mol. The largest absolute Gasteiger partial charge is 0.482 e. The molecule has 2 rings (SSSR count). The van der Waals surface area contributed by atoms with Crippen molar-refractivity contribution in [1.82, 2.24) is 5.32 Å². The van der Waals surface area contributed by atoms with Crippen molar-refractivity contribution in [1.29, 1.82) is 0 Å². The topological polar surface area (TPSA) is 64.6 Å². The van der Waals surface area contributed by atoms with E-state index in [-0.39, 0.29) is 25.2 Å². The first kappa shape index (κ1) is 19.3. The maximum Gasteiger partial charge on any atom is 0.344 e. The van der Waals surface area contributed by atoms with Crippen LogP contribution in [-0.4, -0.2) is 31.1 Å². The van der Waals surface area contributed by atoms with Gasteiger partial charge in [-0.1, -0.05) is 38.8 Å². The quantitative estimate of drug-likeness (QED) is 0.803. The fraction of sp³-hybridized carbons (Fsp3) is 0.600. The third kappa shape index (κ3) is 5.76. The predicted octanol–water partition coefficient (Wildman–Crippen LogP) is 3.17. The summed E-state index contributed by atoms with van der Waals surface area (Å²) in [7, 11) is 0. The summed E-state index contributed by atoms with van der Waals surface area (Å²) in [6, 6.07) is 5.97. The molecule has 0 radical (unpaired) electrons. The number of benzene rings is 1. The number of carbonyl (C=O) groups excluding carboxylic acids is 2. The van der Waals surface area contributed by atoms with Crippen LogP contribution in [0.5, 0.6) is 5.75 Å². The highest BCUT2D eigenvalue weighted by Gasteiger charge is 2.28. The number of ether oxygens (including phenoxy) is 2. The zero-order valence-electron chi connectivity index (χ0n) is 15.6. The minimum Gasteiger partial charge on any atom is -0.482 e. The lowest BCUT2D eigenvalue weighted by molar-refractivity contribution is -0.150. The molecule has 0 spiro atoms. The zero-order valence-corrected chi connectivity index (χ0v) is 15.6. The van der Waals surface area contributed by atoms with Gasteiger partial charge in [0, 0.05) is 6.04 Å². The molecule has 1 aliphatic carbocycles. The molecular formula is C20H29NO4. The molecule has 3 atom stereocenters. The Morgan fingerprint density at radius 3 is 2.68 bits per heavy atom. The molecule has 0 saturated heterocycles. The SMILES string of the molecule is Cc1ccc(C)c(OCC(=O)OCC(=O)NC2CCCC(C)C2C)c1. The van der Waals surface area contributed by atoms with Crippen LogP contribution in [0.3, 0.4) is 0 Å². The van der Waals surface area contributed by atoms with Crippen molar-refractivity contribution in [2.75, 3.05) is 13.2 Å². The number of esters is 1. The Hall–Kier alpha value is -2.04. The van der Waals surface area contributed by atoms with Crippen LogP contribution in [-0.2, 0) is 14.3 Å². The Bertz CT molecular complexity index is 614. The van der Waals surface area contributed by atoms with E-state index >= 15 is 0 Å². The van der Waals surface area contributed by atoms with Gasteiger partial charge in [0.15, 0.2) is 13.2 Å². The molecule has 0 bridgehead atoms. The number of aryl methyl sites for hydroxylation is 2. The number of nitrogens with one attached hydrogen (secondary N) is 1. The second kappa shape index (κ2) is 8.88. The van der Waals surface area contributed by atoms with Gasteiger partial charge in [-0.2, -0.15) is 0 Å². The van der Waals surface area contributed by atoms with Gasteiger partial charge in [0.1, 0.15) is 5.75 Å². The van der Waals surface area contributed by atoms with Crippen molar-refractivity contribution in [2.24, 2.45) is 11.8 Å². The van der Waals surface area contributed by atoms with Gasteiger partial charge in [-0.25, -0.2) is 4.79 Å². The van der Waals surface area contributed by atoms with Gasteiger partial charge in [-0.05, 0) is 49.3 Å². The lowest BCUT2D eigenvalue weighted by atomic mass is 9.78. The van der Waals surface area contributed by atoms with E-state index < -0.39 is 5.97 Å². The number of hydrogen-bond donors (Lipinski definition) is 1. The Kier molecular flexibility index (Phi) is 6.85. The van der Waals surface area contributed by atoms with Crippen molar-refractivity contribution in [3.05, 3.63) is 29.3 Å². The summed E-state index contributed by atoms with van der Waals surface area (Å²) in [5.74, 6) is 0.923. The molecule has 5 nitrogen and oxygen atoms in total. The summed E-state index contributed by atoms with van der Waals surface area (Å²) >= 11 is 0. The van der Waals surface area contributed by atoms with Gasteiger partial charge < -0.3 is 14.8 Å². The third-order valence-electron chi connectivity index (χ3n) is 5.11. The Labute approximate surface area is 150 Å². The van der Waals surface area contributed by atoms with Gasteiger partial charge in [-0.3, -0.25) is 4.79 Å². The van der Waals surface area contributed by atoms with Crippen molar-refractivity contribution >= 4 is 11.9 Å². The van der Waals surface area contributed by atoms with E-state index in [4.69, 9.17) is 9.47 Å². The lowest BCUT2D eigenvalue weighted by Crippen LogP contribution is -2.45. The fourth-order valence-electron chi connectivity index (χ4n) is 3.22. The molecule has 1 N–H and O–H groups in total. The van der Waals surface area contributed by atoms with Crippen molar-refractivity contribution in [2.45, 2.75) is 53.0 Å². The average Bonchev–Trinajstić information content (AvgIpc) is 2.58. The molecule has 5 heteroatoms. The van der Waals surface area contributed by atoms with Gasteiger partial charge in [-0.15, -0.1) is 0 Å². The van der Waals surface area contributed by atoms with Crippen molar-refractivity contribution in [3.8, 4) is 5.75 Å². The van der Waals surface area contributed by atoms with Crippen LogP contribution in [0.2, 0.25) is 0 Å². The van der Waals surface area contributed by atoms with Crippen LogP contribution in [0, 0.1) is 25.7 Å². The summed E-state index contributed by atoms with van der Waals surface area (Å²) in [4.78, 5) is 23.8. The number of hydrogen-bond acceptors (Lipinski definition) is 4. The van der Waals surface area contributed by atoms with E-state index in [0.717, 1.165) is 24.0 Å². The number of carbonyl (C=O) groups is 2. The van der Waals surface area contributed by atoms with E-state index in [1.54, 1.807) is 0 Å². The Morgan fingerprint density at radius 1 is 1.16 bits per heavy atom. The molecule has 1 amide bonds. The van der Waals surface area contributed by atoms with Crippen molar-refractivity contribution < 1.29 is 19.1 Å². The predicted molar refractivity (Wildman–Crippen MR) is 96.5 cm³/mol. The maximum atomic E-state index is 12.0. The van der Waals surface area contributed by atoms with E-state index in [0.29, 0.717) is 17.6 Å². The van der Waals surface area contributed by atoms with Gasteiger partial charge in [0.05, 0.1) is 0 Å². The molecule has 1 aromatic rings. The lowest BCUT2D eigenvalue weighted by Gasteiger charge is -2.34. The number of amides is 1.